The van der Waals surface area contributed by atoms with E-state index >= 15 is 8.78 Å². The molecule has 4 rings (SSSR count). The van der Waals surface area contributed by atoms with Crippen molar-refractivity contribution in [2.24, 2.45) is 0 Å². The maximum atomic E-state index is 15.7. The summed E-state index contributed by atoms with van der Waals surface area (Å²) in [5.41, 5.74) is 3.36. The molecule has 8 nitrogen and oxygen atoms in total. The lowest BCUT2D eigenvalue weighted by molar-refractivity contribution is 0.0694. The molecule has 2 heterocycles. The molecule has 10 heteroatoms. The Balaban J connectivity index is 2.00. The van der Waals surface area contributed by atoms with Crippen LogP contribution in [0, 0.1) is 11.6 Å². The van der Waals surface area contributed by atoms with Gasteiger partial charge in [-0.1, -0.05) is 0 Å². The van der Waals surface area contributed by atoms with E-state index in [1.165, 1.54) is 16.6 Å². The largest absolute Gasteiger partial charge is 0.477 e. The molecule has 29 heavy (non-hydrogen) atoms. The van der Waals surface area contributed by atoms with E-state index in [0.29, 0.717) is 12.8 Å². The molecule has 1 saturated carbocycles. The molecule has 0 bridgehead atoms. The number of carboxylic acid groups (broad SMARTS) is 1. The summed E-state index contributed by atoms with van der Waals surface area (Å²) < 4.78 is 37.7. The number of ether oxygens (including phenoxy) is 1. The normalized spacial score (nSPS) is 21.9. The van der Waals surface area contributed by atoms with Crippen LogP contribution in [0.2, 0.25) is 0 Å². The number of rotatable bonds is 5. The smallest absolute Gasteiger partial charge is 0.341 e. The van der Waals surface area contributed by atoms with Crippen LogP contribution in [0.5, 0.6) is 0 Å². The molecule has 1 aliphatic heterocycles. The van der Waals surface area contributed by atoms with E-state index in [2.05, 4.69) is 5.32 Å². The fourth-order valence-corrected chi connectivity index (χ4v) is 4.10. The molecular formula is C19H22F2N4O4. The number of likely N-dealkylation sites (N-methyl/N-ethyl adjacent to an activating group) is 1. The highest BCUT2D eigenvalue weighted by Crippen LogP contribution is 2.42. The molecule has 1 aliphatic carbocycles. The second kappa shape index (κ2) is 6.96. The van der Waals surface area contributed by atoms with Crippen molar-refractivity contribution in [2.75, 3.05) is 37.9 Å². The highest BCUT2D eigenvalue weighted by atomic mass is 19.1. The van der Waals surface area contributed by atoms with Gasteiger partial charge in [-0.15, -0.1) is 0 Å². The van der Waals surface area contributed by atoms with Crippen molar-refractivity contribution in [3.8, 4) is 0 Å². The third-order valence-electron chi connectivity index (χ3n) is 5.79. The average molecular weight is 408 g/mol. The van der Waals surface area contributed by atoms with Crippen molar-refractivity contribution in [1.82, 2.24) is 9.88 Å². The quantitative estimate of drug-likeness (QED) is 0.640. The van der Waals surface area contributed by atoms with Gasteiger partial charge in [0.25, 0.3) is 0 Å². The van der Waals surface area contributed by atoms with Crippen LogP contribution < -0.4 is 21.4 Å². The summed E-state index contributed by atoms with van der Waals surface area (Å²) in [5, 5.41) is 12.0. The molecule has 0 amide bonds. The number of nitrogens with two attached hydrogens (primary N) is 1. The average Bonchev–Trinajstić information content (AvgIpc) is 3.45. The predicted octanol–water partition coefficient (Wildman–Crippen LogP) is 1.32. The van der Waals surface area contributed by atoms with Crippen LogP contribution in [0.15, 0.2) is 11.0 Å². The molecule has 0 spiro atoms. The third-order valence-corrected chi connectivity index (χ3v) is 5.79. The van der Waals surface area contributed by atoms with Gasteiger partial charge in [-0.2, -0.15) is 0 Å². The van der Waals surface area contributed by atoms with Crippen molar-refractivity contribution >= 4 is 28.2 Å². The number of carboxylic acids is 1. The number of pyridine rings is 1. The van der Waals surface area contributed by atoms with Gasteiger partial charge in [0.15, 0.2) is 11.6 Å². The lowest BCUT2D eigenvalue weighted by atomic mass is 10.1. The minimum absolute atomic E-state index is 0.143. The molecule has 2 fully saturated rings. The number of methoxy groups -OCH3 is 1. The van der Waals surface area contributed by atoms with Gasteiger partial charge in [-0.25, -0.2) is 13.6 Å². The lowest BCUT2D eigenvalue weighted by Gasteiger charge is -2.23. The molecule has 1 aromatic heterocycles. The molecule has 2 aromatic rings. The highest BCUT2D eigenvalue weighted by molar-refractivity contribution is 5.99. The van der Waals surface area contributed by atoms with E-state index in [4.69, 9.17) is 10.5 Å². The molecule has 2 aliphatic rings. The summed E-state index contributed by atoms with van der Waals surface area (Å²) in [6, 6.07) is -0.297. The van der Waals surface area contributed by atoms with Crippen LogP contribution in [-0.4, -0.2) is 55.0 Å². The molecule has 4 N–H and O–H groups in total. The van der Waals surface area contributed by atoms with E-state index < -0.39 is 39.7 Å². The fourth-order valence-electron chi connectivity index (χ4n) is 4.10. The van der Waals surface area contributed by atoms with Crippen molar-refractivity contribution in [1.29, 1.82) is 0 Å². The van der Waals surface area contributed by atoms with E-state index in [0.717, 1.165) is 6.20 Å². The number of anilines is 2. The fraction of sp³-hybridized carbons (Fsp3) is 0.474. The number of halogens is 2. The first kappa shape index (κ1) is 19.6. The number of nitrogens with one attached hydrogen (secondary N) is 1. The Labute approximate surface area is 164 Å². The molecule has 2 atom stereocenters. The van der Waals surface area contributed by atoms with Crippen molar-refractivity contribution in [3.05, 3.63) is 33.6 Å². The highest BCUT2D eigenvalue weighted by Gasteiger charge is 2.37. The Hall–Kier alpha value is -2.72. The summed E-state index contributed by atoms with van der Waals surface area (Å²) in [6.07, 6.45) is 2.27. The van der Waals surface area contributed by atoms with E-state index in [1.807, 2.05) is 0 Å². The summed E-state index contributed by atoms with van der Waals surface area (Å²) in [7, 11) is 3.26. The first-order chi connectivity index (χ1) is 13.8. The van der Waals surface area contributed by atoms with Gasteiger partial charge in [0.05, 0.1) is 28.7 Å². The monoisotopic (exact) mass is 408 g/mol. The molecule has 1 aromatic carbocycles. The summed E-state index contributed by atoms with van der Waals surface area (Å²) in [6.45, 7) is 0.524. The second-order valence-corrected chi connectivity index (χ2v) is 7.50. The molecular weight excluding hydrogens is 386 g/mol. The first-order valence-corrected chi connectivity index (χ1v) is 9.33. The first-order valence-electron chi connectivity index (χ1n) is 9.33. The van der Waals surface area contributed by atoms with Crippen LogP contribution in [0.3, 0.4) is 0 Å². The molecule has 156 valence electrons. The zero-order valence-corrected chi connectivity index (χ0v) is 16.0. The number of carbonyl (C=O) groups is 1. The van der Waals surface area contributed by atoms with Crippen LogP contribution >= 0.6 is 0 Å². The van der Waals surface area contributed by atoms with Gasteiger partial charge >= 0.3 is 5.97 Å². The Bertz CT molecular complexity index is 1050. The second-order valence-electron chi connectivity index (χ2n) is 7.50. The Kier molecular flexibility index (Phi) is 4.70. The maximum absolute atomic E-state index is 15.7. The van der Waals surface area contributed by atoms with Crippen LogP contribution in [0.1, 0.15) is 29.2 Å². The SMILES string of the molecule is CNC1CN(c2c(F)c(N)c3c(=O)c(C(=O)O)cn(C4CC4)c3c2F)CC1OC. The minimum atomic E-state index is -1.46. The number of benzene rings is 1. The van der Waals surface area contributed by atoms with E-state index in [1.54, 1.807) is 7.05 Å². The van der Waals surface area contributed by atoms with Crippen molar-refractivity contribution < 1.29 is 23.4 Å². The van der Waals surface area contributed by atoms with Crippen molar-refractivity contribution in [2.45, 2.75) is 31.0 Å². The summed E-state index contributed by atoms with van der Waals surface area (Å²) >= 11 is 0. The molecule has 0 radical (unpaired) electrons. The van der Waals surface area contributed by atoms with Gasteiger partial charge in [-0.05, 0) is 19.9 Å². The predicted molar refractivity (Wildman–Crippen MR) is 104 cm³/mol. The summed E-state index contributed by atoms with van der Waals surface area (Å²) in [5.74, 6) is -3.45. The number of nitrogens with zero attached hydrogens (tertiary/aromatic N) is 2. The zero-order valence-electron chi connectivity index (χ0n) is 16.0. The van der Waals surface area contributed by atoms with Crippen LogP contribution in [-0.2, 0) is 4.74 Å². The number of hydrogen-bond donors (Lipinski definition) is 3. The van der Waals surface area contributed by atoms with E-state index in [-0.39, 0.29) is 42.5 Å². The van der Waals surface area contributed by atoms with Crippen LogP contribution in [0.4, 0.5) is 20.2 Å². The number of aromatic carboxylic acids is 1. The number of fused-ring (bicyclic) bond motifs is 1. The molecule has 2 unspecified atom stereocenters. The molecule has 1 saturated heterocycles. The maximum Gasteiger partial charge on any atom is 0.341 e. The Morgan fingerprint density at radius 2 is 2.00 bits per heavy atom. The summed E-state index contributed by atoms with van der Waals surface area (Å²) in [4.78, 5) is 25.7. The van der Waals surface area contributed by atoms with Gasteiger partial charge in [0, 0.05) is 32.4 Å². The van der Waals surface area contributed by atoms with Gasteiger partial charge < -0.3 is 30.4 Å². The van der Waals surface area contributed by atoms with Crippen molar-refractivity contribution in [3.63, 3.8) is 0 Å². The standard InChI is InChI=1S/C19H22F2N4O4/c1-23-10-6-24(7-11(10)29-2)17-13(20)15(22)12-16(14(17)21)25(8-3-4-8)5-9(18(12)26)19(27)28/h5,8,10-11,23H,3-4,6-7,22H2,1-2H3,(H,27,28). The van der Waals surface area contributed by atoms with Gasteiger partial charge in [0.2, 0.25) is 5.43 Å². The van der Waals surface area contributed by atoms with Gasteiger partial charge in [-0.3, -0.25) is 4.79 Å². The van der Waals surface area contributed by atoms with E-state index in [9.17, 15) is 14.7 Å². The lowest BCUT2D eigenvalue weighted by Crippen LogP contribution is -2.37. The zero-order chi connectivity index (χ0) is 21.0. The van der Waals surface area contributed by atoms with Crippen LogP contribution in [0.25, 0.3) is 10.9 Å². The number of hydrogen-bond acceptors (Lipinski definition) is 6. The third kappa shape index (κ3) is 2.94. The number of nitrogen functional groups attached to an aromatic ring is 1. The topological polar surface area (TPSA) is 110 Å². The minimum Gasteiger partial charge on any atom is -0.477 e. The Morgan fingerprint density at radius 3 is 2.52 bits per heavy atom. The Morgan fingerprint density at radius 1 is 1.31 bits per heavy atom. The van der Waals surface area contributed by atoms with Gasteiger partial charge in [0.1, 0.15) is 11.3 Å². The number of aromatic nitrogens is 1.